The highest BCUT2D eigenvalue weighted by Crippen LogP contribution is 2.29. The average molecular weight is 266 g/mol. The molecule has 5 heteroatoms. The van der Waals surface area contributed by atoms with Crippen LogP contribution in [0.25, 0.3) is 10.8 Å². The van der Waals surface area contributed by atoms with Gasteiger partial charge in [0.1, 0.15) is 11.3 Å². The third kappa shape index (κ3) is 2.76. The van der Waals surface area contributed by atoms with Crippen LogP contribution in [-0.2, 0) is 4.79 Å². The van der Waals surface area contributed by atoms with E-state index in [4.69, 9.17) is 4.74 Å². The van der Waals surface area contributed by atoms with E-state index in [1.807, 2.05) is 0 Å². The van der Waals surface area contributed by atoms with Crippen LogP contribution in [0.15, 0.2) is 54.6 Å². The van der Waals surface area contributed by atoms with Crippen molar-refractivity contribution < 1.29 is 22.7 Å². The summed E-state index contributed by atoms with van der Waals surface area (Å²) in [5, 5.41) is 1.33. The molecule has 0 spiro atoms. The van der Waals surface area contributed by atoms with E-state index < -0.39 is 17.7 Å². The number of fused-ring (bicyclic) bond motifs is 1. The monoisotopic (exact) mass is 266 g/mol. The van der Waals surface area contributed by atoms with E-state index in [9.17, 15) is 18.0 Å². The quantitative estimate of drug-likeness (QED) is 0.468. The second-order valence-corrected chi connectivity index (χ2v) is 3.84. The van der Waals surface area contributed by atoms with Gasteiger partial charge in [-0.3, -0.25) is 0 Å². The average Bonchev–Trinajstić information content (AvgIpc) is 2.37. The fraction of sp³-hybridized carbons (Fsp3) is 0.0714. The van der Waals surface area contributed by atoms with Gasteiger partial charge in [0.15, 0.2) is 0 Å². The van der Waals surface area contributed by atoms with E-state index in [2.05, 4.69) is 6.58 Å². The highest BCUT2D eigenvalue weighted by molar-refractivity contribution is 5.95. The van der Waals surface area contributed by atoms with E-state index in [-0.39, 0.29) is 5.75 Å². The lowest BCUT2D eigenvalue weighted by atomic mass is 10.1. The lowest BCUT2D eigenvalue weighted by Gasteiger charge is -2.11. The van der Waals surface area contributed by atoms with Crippen molar-refractivity contribution in [2.24, 2.45) is 0 Å². The number of hydrogen-bond acceptors (Lipinski definition) is 2. The minimum Gasteiger partial charge on any atom is -0.422 e. The summed E-state index contributed by atoms with van der Waals surface area (Å²) in [6.07, 6.45) is -4.79. The molecule has 0 radical (unpaired) electrons. The van der Waals surface area contributed by atoms with Crippen molar-refractivity contribution in [3.8, 4) is 5.75 Å². The van der Waals surface area contributed by atoms with Crippen molar-refractivity contribution in [3.63, 3.8) is 0 Å². The Morgan fingerprint density at radius 1 is 1.05 bits per heavy atom. The van der Waals surface area contributed by atoms with Crippen LogP contribution in [0.4, 0.5) is 13.2 Å². The Balaban J connectivity index is 2.32. The van der Waals surface area contributed by atoms with Gasteiger partial charge in [0.2, 0.25) is 0 Å². The van der Waals surface area contributed by atoms with Gasteiger partial charge in [0, 0.05) is 5.39 Å². The van der Waals surface area contributed by atoms with Gasteiger partial charge in [0.25, 0.3) is 0 Å². The first-order chi connectivity index (χ1) is 8.89. The second kappa shape index (κ2) is 4.76. The zero-order chi connectivity index (χ0) is 14.0. The van der Waals surface area contributed by atoms with Crippen molar-refractivity contribution in [1.82, 2.24) is 0 Å². The standard InChI is InChI=1S/C14H9F3O2/c1-9(14(15,16)17)13(18)19-12-8-4-6-10-5-2-3-7-11(10)12/h2-8H,1H2. The predicted octanol–water partition coefficient (Wildman–Crippen LogP) is 3.86. The summed E-state index contributed by atoms with van der Waals surface area (Å²) in [6.45, 7) is 2.70. The first-order valence-corrected chi connectivity index (χ1v) is 5.35. The molecule has 0 saturated heterocycles. The second-order valence-electron chi connectivity index (χ2n) is 3.84. The van der Waals surface area contributed by atoms with E-state index in [0.717, 1.165) is 5.39 Å². The molecule has 98 valence electrons. The van der Waals surface area contributed by atoms with Crippen molar-refractivity contribution in [2.75, 3.05) is 0 Å². The van der Waals surface area contributed by atoms with Crippen LogP contribution in [0.2, 0.25) is 0 Å². The van der Waals surface area contributed by atoms with Gasteiger partial charge in [-0.05, 0) is 11.5 Å². The zero-order valence-electron chi connectivity index (χ0n) is 9.70. The topological polar surface area (TPSA) is 26.3 Å². The van der Waals surface area contributed by atoms with Crippen LogP contribution < -0.4 is 4.74 Å². The first kappa shape index (κ1) is 13.1. The van der Waals surface area contributed by atoms with Crippen LogP contribution in [0.3, 0.4) is 0 Å². The van der Waals surface area contributed by atoms with Crippen LogP contribution in [0.1, 0.15) is 0 Å². The first-order valence-electron chi connectivity index (χ1n) is 5.35. The summed E-state index contributed by atoms with van der Waals surface area (Å²) in [5.74, 6) is -1.42. The largest absolute Gasteiger partial charge is 0.422 e. The Kier molecular flexibility index (Phi) is 3.29. The Morgan fingerprint density at radius 3 is 2.37 bits per heavy atom. The van der Waals surface area contributed by atoms with E-state index in [1.165, 1.54) is 6.07 Å². The fourth-order valence-electron chi connectivity index (χ4n) is 1.56. The minimum atomic E-state index is -4.79. The maximum atomic E-state index is 12.3. The minimum absolute atomic E-state index is 0.0773. The third-order valence-corrected chi connectivity index (χ3v) is 2.54. The SMILES string of the molecule is C=C(C(=O)Oc1cccc2ccccc12)C(F)(F)F. The van der Waals surface area contributed by atoms with Gasteiger partial charge in [-0.15, -0.1) is 0 Å². The molecule has 2 aromatic rings. The summed E-state index contributed by atoms with van der Waals surface area (Å²) in [4.78, 5) is 11.4. The van der Waals surface area contributed by atoms with Gasteiger partial charge in [-0.1, -0.05) is 43.0 Å². The Hall–Kier alpha value is -2.30. The zero-order valence-corrected chi connectivity index (χ0v) is 9.70. The Labute approximate surface area is 107 Å². The molecule has 0 unspecified atom stereocenters. The molecule has 0 aliphatic rings. The number of ether oxygens (including phenoxy) is 1. The number of hydrogen-bond donors (Lipinski definition) is 0. The van der Waals surface area contributed by atoms with Crippen LogP contribution in [-0.4, -0.2) is 12.1 Å². The molecule has 0 aliphatic carbocycles. The van der Waals surface area contributed by atoms with Crippen molar-refractivity contribution >= 4 is 16.7 Å². The molecule has 0 N–H and O–H groups in total. The van der Waals surface area contributed by atoms with Gasteiger partial charge in [-0.25, -0.2) is 4.79 Å². The van der Waals surface area contributed by atoms with E-state index in [1.54, 1.807) is 36.4 Å². The normalized spacial score (nSPS) is 11.3. The molecule has 2 aromatic carbocycles. The molecule has 0 saturated carbocycles. The maximum Gasteiger partial charge on any atom is 0.422 e. The van der Waals surface area contributed by atoms with Crippen LogP contribution in [0, 0.1) is 0 Å². The van der Waals surface area contributed by atoms with E-state index >= 15 is 0 Å². The Bertz CT molecular complexity index is 639. The molecule has 0 atom stereocenters. The number of halogens is 3. The molecule has 0 aliphatic heterocycles. The number of rotatable bonds is 2. The van der Waals surface area contributed by atoms with Gasteiger partial charge in [-0.2, -0.15) is 13.2 Å². The van der Waals surface area contributed by atoms with Gasteiger partial charge in [0.05, 0.1) is 0 Å². The van der Waals surface area contributed by atoms with Crippen molar-refractivity contribution in [2.45, 2.75) is 6.18 Å². The highest BCUT2D eigenvalue weighted by Gasteiger charge is 2.38. The summed E-state index contributed by atoms with van der Waals surface area (Å²) in [5.41, 5.74) is -1.53. The van der Waals surface area contributed by atoms with Crippen LogP contribution in [0.5, 0.6) is 5.75 Å². The molecule has 0 amide bonds. The molecule has 0 fully saturated rings. The number of benzene rings is 2. The highest BCUT2D eigenvalue weighted by atomic mass is 19.4. The van der Waals surface area contributed by atoms with Crippen LogP contribution >= 0.6 is 0 Å². The molecule has 0 aromatic heterocycles. The molecule has 0 bridgehead atoms. The lowest BCUT2D eigenvalue weighted by molar-refractivity contribution is -0.142. The predicted molar refractivity (Wildman–Crippen MR) is 64.8 cm³/mol. The molecule has 19 heavy (non-hydrogen) atoms. The molecule has 2 nitrogen and oxygen atoms in total. The summed E-state index contributed by atoms with van der Waals surface area (Å²) < 4.78 is 41.7. The maximum absolute atomic E-state index is 12.3. The summed E-state index contributed by atoms with van der Waals surface area (Å²) in [7, 11) is 0. The number of carbonyl (C=O) groups is 1. The fourth-order valence-corrected chi connectivity index (χ4v) is 1.56. The van der Waals surface area contributed by atoms with E-state index in [0.29, 0.717) is 5.39 Å². The van der Waals surface area contributed by atoms with Gasteiger partial charge >= 0.3 is 12.1 Å². The number of alkyl halides is 3. The Morgan fingerprint density at radius 2 is 1.68 bits per heavy atom. The molecule has 0 heterocycles. The number of carbonyl (C=O) groups excluding carboxylic acids is 1. The molecule has 2 rings (SSSR count). The summed E-state index contributed by atoms with van der Waals surface area (Å²) >= 11 is 0. The molecular weight excluding hydrogens is 257 g/mol. The summed E-state index contributed by atoms with van der Waals surface area (Å²) in [6, 6.07) is 11.7. The third-order valence-electron chi connectivity index (χ3n) is 2.54. The number of esters is 1. The lowest BCUT2D eigenvalue weighted by Crippen LogP contribution is -2.23. The smallest absolute Gasteiger partial charge is 0.422 e. The van der Waals surface area contributed by atoms with Gasteiger partial charge < -0.3 is 4.74 Å². The van der Waals surface area contributed by atoms with Crippen molar-refractivity contribution in [3.05, 3.63) is 54.6 Å². The van der Waals surface area contributed by atoms with Crippen molar-refractivity contribution in [1.29, 1.82) is 0 Å². The molecular formula is C14H9F3O2.